The highest BCUT2D eigenvalue weighted by molar-refractivity contribution is 8.13. The Morgan fingerprint density at radius 1 is 1.31 bits per heavy atom. The van der Waals surface area contributed by atoms with Gasteiger partial charge in [0.05, 0.1) is 5.54 Å². The number of hydrogen-bond donors (Lipinski definition) is 2. The average Bonchev–Trinajstić information content (AvgIpc) is 3.07. The first-order chi connectivity index (χ1) is 12.6. The molecule has 1 aromatic carbocycles. The van der Waals surface area contributed by atoms with Crippen LogP contribution in [0.25, 0.3) is 0 Å². The predicted molar refractivity (Wildman–Crippen MR) is 102 cm³/mol. The van der Waals surface area contributed by atoms with Gasteiger partial charge < -0.3 is 11.1 Å². The summed E-state index contributed by atoms with van der Waals surface area (Å²) < 4.78 is 14.7. The summed E-state index contributed by atoms with van der Waals surface area (Å²) in [5.41, 5.74) is 6.93. The standard InChI is InChI=1S/C19H19FN4OS/c20-16-4-3-14(23-17(25)12-5-8-22-9-6-12)10-15(16)19-7-1-2-13(19)11-26-18(21)24-19/h3-6,8-10,13H,1-2,7,11H2,(H2,21,24)(H,23,25). The minimum Gasteiger partial charge on any atom is -0.379 e. The minimum atomic E-state index is -0.614. The number of fused-ring (bicyclic) bond motifs is 1. The average molecular weight is 370 g/mol. The van der Waals surface area contributed by atoms with E-state index in [1.807, 2.05) is 0 Å². The van der Waals surface area contributed by atoms with Crippen LogP contribution in [-0.2, 0) is 5.54 Å². The van der Waals surface area contributed by atoms with Crippen LogP contribution in [0, 0.1) is 11.7 Å². The molecular weight excluding hydrogens is 351 g/mol. The van der Waals surface area contributed by atoms with Crippen LogP contribution in [0.3, 0.4) is 0 Å². The molecule has 1 aliphatic heterocycles. The van der Waals surface area contributed by atoms with Crippen LogP contribution in [-0.4, -0.2) is 21.8 Å². The van der Waals surface area contributed by atoms with E-state index in [0.29, 0.717) is 22.0 Å². The van der Waals surface area contributed by atoms with Crippen molar-refractivity contribution in [2.24, 2.45) is 16.6 Å². The Labute approximate surface area is 155 Å². The number of amidine groups is 1. The molecule has 26 heavy (non-hydrogen) atoms. The third-order valence-corrected chi connectivity index (χ3v) is 6.12. The molecule has 0 saturated heterocycles. The Kier molecular flexibility index (Phi) is 4.40. The summed E-state index contributed by atoms with van der Waals surface area (Å²) in [6.45, 7) is 0. The van der Waals surface area contributed by atoms with E-state index in [1.165, 1.54) is 17.8 Å². The second-order valence-corrected chi connectivity index (χ2v) is 7.70. The molecule has 2 aliphatic rings. The normalized spacial score (nSPS) is 24.7. The zero-order valence-electron chi connectivity index (χ0n) is 14.1. The van der Waals surface area contributed by atoms with Gasteiger partial charge in [-0.2, -0.15) is 0 Å². The molecule has 4 rings (SSSR count). The predicted octanol–water partition coefficient (Wildman–Crippen LogP) is 3.53. The summed E-state index contributed by atoms with van der Waals surface area (Å²) in [5, 5.41) is 3.34. The fraction of sp³-hybridized carbons (Fsp3) is 0.316. The number of rotatable bonds is 3. The van der Waals surface area contributed by atoms with Gasteiger partial charge in [-0.3, -0.25) is 14.8 Å². The number of nitrogens with two attached hydrogens (primary N) is 1. The number of aromatic nitrogens is 1. The van der Waals surface area contributed by atoms with E-state index in [0.717, 1.165) is 25.0 Å². The van der Waals surface area contributed by atoms with Gasteiger partial charge in [0.25, 0.3) is 5.91 Å². The lowest BCUT2D eigenvalue weighted by molar-refractivity contribution is 0.102. The third-order valence-electron chi connectivity index (χ3n) is 5.16. The summed E-state index contributed by atoms with van der Waals surface area (Å²) in [6.07, 6.45) is 5.90. The van der Waals surface area contributed by atoms with E-state index in [1.54, 1.807) is 36.7 Å². The Balaban J connectivity index is 1.69. The lowest BCUT2D eigenvalue weighted by atomic mass is 9.81. The SMILES string of the molecule is NC1=NC2(c3cc(NC(=O)c4ccncc4)ccc3F)CCCC2CS1. The van der Waals surface area contributed by atoms with Crippen LogP contribution in [0.1, 0.15) is 35.2 Å². The lowest BCUT2D eigenvalue weighted by Gasteiger charge is -2.36. The molecule has 1 aliphatic carbocycles. The van der Waals surface area contributed by atoms with E-state index in [2.05, 4.69) is 15.3 Å². The fourth-order valence-electron chi connectivity index (χ4n) is 3.90. The van der Waals surface area contributed by atoms with Crippen molar-refractivity contribution in [3.63, 3.8) is 0 Å². The van der Waals surface area contributed by atoms with E-state index in [9.17, 15) is 9.18 Å². The molecule has 134 valence electrons. The highest BCUT2D eigenvalue weighted by Gasteiger charge is 2.48. The number of benzene rings is 1. The number of carbonyl (C=O) groups is 1. The number of aliphatic imine (C=N–C) groups is 1. The van der Waals surface area contributed by atoms with Crippen LogP contribution < -0.4 is 11.1 Å². The number of halogens is 1. The van der Waals surface area contributed by atoms with Crippen LogP contribution in [0.15, 0.2) is 47.7 Å². The van der Waals surface area contributed by atoms with Crippen molar-refractivity contribution in [3.05, 3.63) is 59.7 Å². The molecule has 2 aromatic rings. The highest BCUT2D eigenvalue weighted by atomic mass is 32.2. The second-order valence-electron chi connectivity index (χ2n) is 6.66. The van der Waals surface area contributed by atoms with Crippen LogP contribution in [0.5, 0.6) is 0 Å². The lowest BCUT2D eigenvalue weighted by Crippen LogP contribution is -2.37. The number of nitrogens with one attached hydrogen (secondary N) is 1. The van der Waals surface area contributed by atoms with Gasteiger partial charge in [-0.05, 0) is 49.1 Å². The molecular formula is C19H19FN4OS. The van der Waals surface area contributed by atoms with Crippen molar-refractivity contribution in [1.82, 2.24) is 4.98 Å². The molecule has 2 unspecified atom stereocenters. The number of nitrogens with zero attached hydrogens (tertiary/aromatic N) is 2. The van der Waals surface area contributed by atoms with Crippen molar-refractivity contribution in [3.8, 4) is 0 Å². The van der Waals surface area contributed by atoms with Crippen molar-refractivity contribution < 1.29 is 9.18 Å². The van der Waals surface area contributed by atoms with E-state index < -0.39 is 5.54 Å². The van der Waals surface area contributed by atoms with Gasteiger partial charge in [-0.25, -0.2) is 4.39 Å². The topological polar surface area (TPSA) is 80.4 Å². The summed E-state index contributed by atoms with van der Waals surface area (Å²) in [5.74, 6) is 0.554. The number of carbonyl (C=O) groups excluding carboxylic acids is 1. The Hall–Kier alpha value is -2.41. The van der Waals surface area contributed by atoms with Gasteiger partial charge in [-0.15, -0.1) is 0 Å². The van der Waals surface area contributed by atoms with Gasteiger partial charge in [-0.1, -0.05) is 18.2 Å². The van der Waals surface area contributed by atoms with Crippen LogP contribution in [0.4, 0.5) is 10.1 Å². The number of hydrogen-bond acceptors (Lipinski definition) is 5. The molecule has 7 heteroatoms. The molecule has 5 nitrogen and oxygen atoms in total. The Morgan fingerprint density at radius 2 is 2.12 bits per heavy atom. The maximum absolute atomic E-state index is 14.7. The van der Waals surface area contributed by atoms with E-state index in [-0.39, 0.29) is 17.6 Å². The Bertz CT molecular complexity index is 873. The summed E-state index contributed by atoms with van der Waals surface area (Å²) in [4.78, 5) is 21.0. The maximum atomic E-state index is 14.7. The number of anilines is 1. The number of thioether (sulfide) groups is 1. The molecule has 2 heterocycles. The summed E-state index contributed by atoms with van der Waals surface area (Å²) >= 11 is 1.54. The molecule has 0 bridgehead atoms. The Morgan fingerprint density at radius 3 is 2.92 bits per heavy atom. The first-order valence-electron chi connectivity index (χ1n) is 8.58. The van der Waals surface area contributed by atoms with E-state index >= 15 is 0 Å². The first kappa shape index (κ1) is 17.0. The van der Waals surface area contributed by atoms with Gasteiger partial charge in [0.1, 0.15) is 5.82 Å². The summed E-state index contributed by atoms with van der Waals surface area (Å²) in [6, 6.07) is 7.95. The van der Waals surface area contributed by atoms with Gasteiger partial charge in [0.2, 0.25) is 0 Å². The maximum Gasteiger partial charge on any atom is 0.255 e. The molecule has 0 radical (unpaired) electrons. The van der Waals surface area contributed by atoms with Crippen molar-refractivity contribution in [2.45, 2.75) is 24.8 Å². The van der Waals surface area contributed by atoms with Crippen LogP contribution in [0.2, 0.25) is 0 Å². The summed E-state index contributed by atoms with van der Waals surface area (Å²) in [7, 11) is 0. The van der Waals surface area contributed by atoms with Crippen molar-refractivity contribution in [1.29, 1.82) is 0 Å². The quantitative estimate of drug-likeness (QED) is 0.866. The third kappa shape index (κ3) is 2.96. The van der Waals surface area contributed by atoms with Crippen LogP contribution >= 0.6 is 11.8 Å². The van der Waals surface area contributed by atoms with Gasteiger partial charge >= 0.3 is 0 Å². The minimum absolute atomic E-state index is 0.257. The molecule has 1 saturated carbocycles. The molecule has 1 aromatic heterocycles. The van der Waals surface area contributed by atoms with Crippen molar-refractivity contribution >= 4 is 28.5 Å². The highest BCUT2D eigenvalue weighted by Crippen LogP contribution is 2.51. The second kappa shape index (κ2) is 6.72. The zero-order valence-corrected chi connectivity index (χ0v) is 14.9. The number of amides is 1. The fourth-order valence-corrected chi connectivity index (χ4v) is 4.94. The van der Waals surface area contributed by atoms with Gasteiger partial charge in [0, 0.05) is 35.0 Å². The van der Waals surface area contributed by atoms with Crippen molar-refractivity contribution in [2.75, 3.05) is 11.1 Å². The molecule has 1 fully saturated rings. The first-order valence-corrected chi connectivity index (χ1v) is 9.56. The van der Waals surface area contributed by atoms with Gasteiger partial charge in [0.15, 0.2) is 5.17 Å². The molecule has 1 amide bonds. The molecule has 2 atom stereocenters. The largest absolute Gasteiger partial charge is 0.379 e. The van der Waals surface area contributed by atoms with E-state index in [4.69, 9.17) is 5.73 Å². The number of pyridine rings is 1. The smallest absolute Gasteiger partial charge is 0.255 e. The molecule has 0 spiro atoms. The zero-order chi connectivity index (χ0) is 18.1. The monoisotopic (exact) mass is 370 g/mol. The molecule has 3 N–H and O–H groups in total.